The van der Waals surface area contributed by atoms with Gasteiger partial charge in [-0.25, -0.2) is 0 Å². The summed E-state index contributed by atoms with van der Waals surface area (Å²) in [5.41, 5.74) is 3.63. The van der Waals surface area contributed by atoms with E-state index in [0.29, 0.717) is 23.2 Å². The van der Waals surface area contributed by atoms with Gasteiger partial charge in [-0.3, -0.25) is 0 Å². The van der Waals surface area contributed by atoms with Crippen LogP contribution in [0.2, 0.25) is 0 Å². The molecule has 0 heterocycles. The van der Waals surface area contributed by atoms with Crippen LogP contribution in [0.1, 0.15) is 92.9 Å². The summed E-state index contributed by atoms with van der Waals surface area (Å²) in [6.07, 6.45) is 19.5. The molecule has 3 fully saturated rings. The molecule has 0 radical (unpaired) electrons. The highest BCUT2D eigenvalue weighted by Crippen LogP contribution is 2.59. The van der Waals surface area contributed by atoms with E-state index in [1.807, 2.05) is 0 Å². The number of aliphatic hydroxyl groups excluding tert-OH is 1. The maximum Gasteiger partial charge on any atom is 0.0577 e. The van der Waals surface area contributed by atoms with Gasteiger partial charge in [0.25, 0.3) is 0 Å². The lowest BCUT2D eigenvalue weighted by Gasteiger charge is -2.44. The van der Waals surface area contributed by atoms with E-state index in [1.165, 1.54) is 37.7 Å². The van der Waals surface area contributed by atoms with Crippen molar-refractivity contribution in [3.05, 3.63) is 35.5 Å². The SMILES string of the molecule is CC(C)[C@@H](C)C=C[C@@H](C)[C@H]1CC[C@H]2C(=CC=C3C[C@H](O)CC[C@@H]3C)CCC[C@]12C. The van der Waals surface area contributed by atoms with Crippen molar-refractivity contribution in [3.63, 3.8) is 0 Å². The Bertz CT molecular complexity index is 639. The van der Waals surface area contributed by atoms with Crippen LogP contribution in [0.5, 0.6) is 0 Å². The lowest BCUT2D eigenvalue weighted by molar-refractivity contribution is 0.112. The Morgan fingerprint density at radius 1 is 0.966 bits per heavy atom. The zero-order valence-electron chi connectivity index (χ0n) is 20.0. The van der Waals surface area contributed by atoms with Gasteiger partial charge in [-0.05, 0) is 92.3 Å². The molecule has 0 aromatic rings. The maximum absolute atomic E-state index is 10.1. The van der Waals surface area contributed by atoms with Crippen molar-refractivity contribution in [1.82, 2.24) is 0 Å². The van der Waals surface area contributed by atoms with Crippen molar-refractivity contribution in [2.45, 2.75) is 99.0 Å². The zero-order chi connectivity index (χ0) is 21.2. The highest BCUT2D eigenvalue weighted by atomic mass is 16.3. The first-order valence-corrected chi connectivity index (χ1v) is 12.5. The highest BCUT2D eigenvalue weighted by molar-refractivity contribution is 5.27. The van der Waals surface area contributed by atoms with Crippen LogP contribution in [0.3, 0.4) is 0 Å². The molecular weight excluding hydrogens is 352 g/mol. The third-order valence-corrected chi connectivity index (χ3v) is 8.99. The molecule has 3 aliphatic carbocycles. The van der Waals surface area contributed by atoms with Crippen molar-refractivity contribution in [2.75, 3.05) is 0 Å². The molecule has 0 spiro atoms. The van der Waals surface area contributed by atoms with Crippen molar-refractivity contribution >= 4 is 0 Å². The van der Waals surface area contributed by atoms with Gasteiger partial charge in [0.05, 0.1) is 6.10 Å². The molecule has 3 aliphatic rings. The molecule has 3 rings (SSSR count). The predicted octanol–water partition coefficient (Wildman–Crippen LogP) is 7.72. The Labute approximate surface area is 180 Å². The number of hydrogen-bond donors (Lipinski definition) is 1. The first-order chi connectivity index (χ1) is 13.7. The minimum absolute atomic E-state index is 0.121. The van der Waals surface area contributed by atoms with E-state index in [4.69, 9.17) is 0 Å². The van der Waals surface area contributed by atoms with E-state index in [9.17, 15) is 5.11 Å². The van der Waals surface area contributed by atoms with Crippen molar-refractivity contribution in [3.8, 4) is 0 Å². The van der Waals surface area contributed by atoms with Gasteiger partial charge in [0, 0.05) is 0 Å². The van der Waals surface area contributed by atoms with Crippen molar-refractivity contribution in [1.29, 1.82) is 0 Å². The predicted molar refractivity (Wildman–Crippen MR) is 126 cm³/mol. The lowest BCUT2D eigenvalue weighted by Crippen LogP contribution is -2.35. The summed E-state index contributed by atoms with van der Waals surface area (Å²) in [6, 6.07) is 0. The second kappa shape index (κ2) is 9.54. The quantitative estimate of drug-likeness (QED) is 0.470. The van der Waals surface area contributed by atoms with Gasteiger partial charge < -0.3 is 5.11 Å². The molecule has 0 aromatic heterocycles. The molecule has 0 aromatic carbocycles. The first kappa shape index (κ1) is 22.9. The van der Waals surface area contributed by atoms with Crippen LogP contribution in [0.15, 0.2) is 35.5 Å². The van der Waals surface area contributed by atoms with Crippen LogP contribution in [-0.2, 0) is 0 Å². The molecule has 0 amide bonds. The highest BCUT2D eigenvalue weighted by Gasteiger charge is 2.50. The average Bonchev–Trinajstić information content (AvgIpc) is 3.04. The van der Waals surface area contributed by atoms with E-state index in [0.717, 1.165) is 37.0 Å². The summed E-state index contributed by atoms with van der Waals surface area (Å²) in [5.74, 6) is 4.29. The largest absolute Gasteiger partial charge is 0.393 e. The molecule has 0 unspecified atom stereocenters. The monoisotopic (exact) mass is 398 g/mol. The van der Waals surface area contributed by atoms with Gasteiger partial charge in [-0.2, -0.15) is 0 Å². The Balaban J connectivity index is 1.74. The molecule has 0 bridgehead atoms. The molecule has 0 saturated heterocycles. The van der Waals surface area contributed by atoms with E-state index in [-0.39, 0.29) is 6.10 Å². The summed E-state index contributed by atoms with van der Waals surface area (Å²) in [5, 5.41) is 10.1. The number of aliphatic hydroxyl groups is 1. The summed E-state index contributed by atoms with van der Waals surface area (Å²) < 4.78 is 0. The number of hydrogen-bond acceptors (Lipinski definition) is 1. The topological polar surface area (TPSA) is 20.2 Å². The second-order valence-corrected chi connectivity index (χ2v) is 11.3. The van der Waals surface area contributed by atoms with E-state index in [2.05, 4.69) is 65.8 Å². The fourth-order valence-corrected chi connectivity index (χ4v) is 6.50. The summed E-state index contributed by atoms with van der Waals surface area (Å²) in [6.45, 7) is 14.4. The molecule has 1 nitrogen and oxygen atoms in total. The van der Waals surface area contributed by atoms with Gasteiger partial charge >= 0.3 is 0 Å². The summed E-state index contributed by atoms with van der Waals surface area (Å²) in [7, 11) is 0. The smallest absolute Gasteiger partial charge is 0.0577 e. The fraction of sp³-hybridized carbons (Fsp3) is 0.786. The van der Waals surface area contributed by atoms with E-state index >= 15 is 0 Å². The summed E-state index contributed by atoms with van der Waals surface area (Å²) in [4.78, 5) is 0. The zero-order valence-corrected chi connectivity index (χ0v) is 20.0. The maximum atomic E-state index is 10.1. The molecule has 164 valence electrons. The van der Waals surface area contributed by atoms with Gasteiger partial charge in [-0.15, -0.1) is 0 Å². The second-order valence-electron chi connectivity index (χ2n) is 11.3. The van der Waals surface area contributed by atoms with Gasteiger partial charge in [0.15, 0.2) is 0 Å². The Kier molecular flexibility index (Phi) is 7.52. The fourth-order valence-electron chi connectivity index (χ4n) is 6.50. The van der Waals surface area contributed by atoms with Crippen LogP contribution < -0.4 is 0 Å². The lowest BCUT2D eigenvalue weighted by atomic mass is 9.61. The molecule has 1 heteroatoms. The van der Waals surface area contributed by atoms with Crippen molar-refractivity contribution in [2.24, 2.45) is 40.9 Å². The third kappa shape index (κ3) is 5.09. The van der Waals surface area contributed by atoms with Gasteiger partial charge in [-0.1, -0.05) is 77.0 Å². The van der Waals surface area contributed by atoms with Crippen LogP contribution in [0.25, 0.3) is 0 Å². The molecule has 0 aliphatic heterocycles. The number of rotatable bonds is 5. The minimum atomic E-state index is -0.121. The minimum Gasteiger partial charge on any atom is -0.393 e. The van der Waals surface area contributed by atoms with Crippen LogP contribution >= 0.6 is 0 Å². The molecule has 7 atom stereocenters. The number of fused-ring (bicyclic) bond motifs is 1. The van der Waals surface area contributed by atoms with Crippen LogP contribution in [-0.4, -0.2) is 11.2 Å². The van der Waals surface area contributed by atoms with Crippen LogP contribution in [0.4, 0.5) is 0 Å². The van der Waals surface area contributed by atoms with E-state index < -0.39 is 0 Å². The molecule has 29 heavy (non-hydrogen) atoms. The van der Waals surface area contributed by atoms with Gasteiger partial charge in [0.2, 0.25) is 0 Å². The number of allylic oxidation sites excluding steroid dienone is 5. The van der Waals surface area contributed by atoms with Crippen molar-refractivity contribution < 1.29 is 5.11 Å². The summed E-state index contributed by atoms with van der Waals surface area (Å²) >= 11 is 0. The third-order valence-electron chi connectivity index (χ3n) is 8.99. The normalized spacial score (nSPS) is 40.7. The Morgan fingerprint density at radius 3 is 2.41 bits per heavy atom. The van der Waals surface area contributed by atoms with Gasteiger partial charge in [0.1, 0.15) is 0 Å². The Morgan fingerprint density at radius 2 is 1.69 bits per heavy atom. The average molecular weight is 399 g/mol. The molecular formula is C28H46O. The Hall–Kier alpha value is -0.820. The molecule has 1 N–H and O–H groups in total. The van der Waals surface area contributed by atoms with E-state index in [1.54, 1.807) is 5.57 Å². The van der Waals surface area contributed by atoms with Crippen LogP contribution in [0, 0.1) is 40.9 Å². The molecule has 3 saturated carbocycles. The standard InChI is InChI=1S/C28H46O/c1-19(2)20(3)9-10-22(5)26-15-16-27-23(8-7-17-28(26,27)6)12-13-24-18-25(29)14-11-21(24)4/h9-10,12-13,19-22,25-27,29H,7-8,11,14-18H2,1-6H3/t20-,21-,22+,25+,26+,27-,28+/m0/s1. The first-order valence-electron chi connectivity index (χ1n) is 12.5.